The molecule has 0 saturated carbocycles. The van der Waals surface area contributed by atoms with Gasteiger partial charge in [0.25, 0.3) is 0 Å². The Bertz CT molecular complexity index is 45.5. The molecule has 0 rings (SSSR count). The first-order valence-electron chi connectivity index (χ1n) is 1.83. The Balaban J connectivity index is 0. The summed E-state index contributed by atoms with van der Waals surface area (Å²) in [6, 6.07) is 0. The first-order valence-corrected chi connectivity index (χ1v) is 2.14. The molecule has 0 heterocycles. The number of hydrogen-bond acceptors (Lipinski definition) is 3. The molecule has 46 valence electrons. The Kier molecular flexibility index (Phi) is 12.2. The van der Waals surface area contributed by atoms with E-state index in [-0.39, 0.29) is 42.8 Å². The van der Waals surface area contributed by atoms with Crippen LogP contribution in [0.25, 0.3) is 0 Å². The number of hydrogen-bond donors (Lipinski definition) is 2. The van der Waals surface area contributed by atoms with Crippen molar-refractivity contribution in [2.75, 3.05) is 13.2 Å². The topological polar surface area (TPSA) is 49.7 Å². The van der Waals surface area contributed by atoms with Crippen LogP contribution in [0.2, 0.25) is 0 Å². The fourth-order valence-corrected chi connectivity index (χ4v) is 0.271. The summed E-state index contributed by atoms with van der Waals surface area (Å²) in [5.74, 6) is 0. The zero-order valence-corrected chi connectivity index (χ0v) is 4.43. The second-order valence-corrected chi connectivity index (χ2v) is 1.33. The SMILES string of the molecule is OCC(O)COCl.[NaH]. The molecular formula is C3H8ClNaO3. The summed E-state index contributed by atoms with van der Waals surface area (Å²) in [6.07, 6.45) is -0.850. The Hall–Kier alpha value is 1.17. The molecule has 0 saturated heterocycles. The molecule has 0 spiro atoms. The van der Waals surface area contributed by atoms with Gasteiger partial charge < -0.3 is 10.2 Å². The average molecular weight is 151 g/mol. The molecule has 8 heavy (non-hydrogen) atoms. The normalized spacial score (nSPS) is 12.4. The molecule has 3 nitrogen and oxygen atoms in total. The number of aliphatic hydroxyl groups is 2. The van der Waals surface area contributed by atoms with Crippen LogP contribution in [0.15, 0.2) is 0 Å². The first kappa shape index (κ1) is 11.9. The third-order valence-electron chi connectivity index (χ3n) is 0.466. The Morgan fingerprint density at radius 1 is 1.62 bits per heavy atom. The van der Waals surface area contributed by atoms with Gasteiger partial charge in [-0.25, -0.2) is 0 Å². The van der Waals surface area contributed by atoms with Gasteiger partial charge in [0.1, 0.15) is 6.10 Å². The van der Waals surface area contributed by atoms with E-state index in [9.17, 15) is 0 Å². The van der Waals surface area contributed by atoms with E-state index in [1.54, 1.807) is 0 Å². The predicted octanol–water partition coefficient (Wildman–Crippen LogP) is -1.14. The van der Waals surface area contributed by atoms with Crippen LogP contribution in [-0.2, 0) is 4.29 Å². The molecule has 0 aromatic carbocycles. The summed E-state index contributed by atoms with van der Waals surface area (Å²) < 4.78 is 3.96. The monoisotopic (exact) mass is 150 g/mol. The van der Waals surface area contributed by atoms with E-state index in [0.717, 1.165) is 0 Å². The van der Waals surface area contributed by atoms with E-state index in [1.165, 1.54) is 0 Å². The van der Waals surface area contributed by atoms with E-state index in [4.69, 9.17) is 22.1 Å². The predicted molar refractivity (Wildman–Crippen MR) is 32.0 cm³/mol. The molecule has 0 aliphatic heterocycles. The molecule has 0 radical (unpaired) electrons. The summed E-state index contributed by atoms with van der Waals surface area (Å²) >= 11 is 4.70. The van der Waals surface area contributed by atoms with E-state index < -0.39 is 6.10 Å². The molecule has 2 N–H and O–H groups in total. The molecule has 0 aliphatic rings. The number of aliphatic hydroxyl groups excluding tert-OH is 2. The van der Waals surface area contributed by atoms with Gasteiger partial charge >= 0.3 is 29.6 Å². The van der Waals surface area contributed by atoms with Crippen molar-refractivity contribution in [1.82, 2.24) is 0 Å². The van der Waals surface area contributed by atoms with E-state index in [0.29, 0.717) is 0 Å². The van der Waals surface area contributed by atoms with Crippen LogP contribution in [-0.4, -0.2) is 59.1 Å². The fourth-order valence-electron chi connectivity index (χ4n) is 0.125. The Morgan fingerprint density at radius 3 is 2.25 bits per heavy atom. The quantitative estimate of drug-likeness (QED) is 0.500. The van der Waals surface area contributed by atoms with Crippen LogP contribution in [0.3, 0.4) is 0 Å². The fraction of sp³-hybridized carbons (Fsp3) is 1.00. The maximum atomic E-state index is 8.40. The van der Waals surface area contributed by atoms with Crippen molar-refractivity contribution in [3.05, 3.63) is 0 Å². The number of halogens is 1. The van der Waals surface area contributed by atoms with Gasteiger partial charge in [-0.2, -0.15) is 0 Å². The summed E-state index contributed by atoms with van der Waals surface area (Å²) in [7, 11) is 0. The second kappa shape index (κ2) is 8.17. The summed E-state index contributed by atoms with van der Waals surface area (Å²) in [6.45, 7) is -0.342. The van der Waals surface area contributed by atoms with Crippen molar-refractivity contribution in [3.63, 3.8) is 0 Å². The molecule has 0 aromatic heterocycles. The van der Waals surface area contributed by atoms with Crippen molar-refractivity contribution in [2.45, 2.75) is 6.10 Å². The molecule has 0 aliphatic carbocycles. The molecule has 0 fully saturated rings. The van der Waals surface area contributed by atoms with Gasteiger partial charge in [0.05, 0.1) is 25.1 Å². The van der Waals surface area contributed by atoms with Crippen molar-refractivity contribution in [1.29, 1.82) is 0 Å². The van der Waals surface area contributed by atoms with E-state index in [2.05, 4.69) is 4.29 Å². The van der Waals surface area contributed by atoms with Crippen molar-refractivity contribution < 1.29 is 14.5 Å². The average Bonchev–Trinajstić information content (AvgIpc) is 1.68. The third kappa shape index (κ3) is 7.17. The Morgan fingerprint density at radius 2 is 2.12 bits per heavy atom. The first-order chi connectivity index (χ1) is 3.31. The van der Waals surface area contributed by atoms with Gasteiger partial charge in [0.15, 0.2) is 0 Å². The minimum absolute atomic E-state index is 0. The van der Waals surface area contributed by atoms with Gasteiger partial charge in [-0.15, -0.1) is 0 Å². The molecule has 0 bridgehead atoms. The number of rotatable bonds is 3. The summed E-state index contributed by atoms with van der Waals surface area (Å²) in [5, 5.41) is 16.5. The summed E-state index contributed by atoms with van der Waals surface area (Å²) in [5.41, 5.74) is 0. The van der Waals surface area contributed by atoms with Gasteiger partial charge in [0, 0.05) is 0 Å². The zero-order valence-electron chi connectivity index (χ0n) is 3.67. The molecular weight excluding hydrogens is 142 g/mol. The molecule has 1 atom stereocenters. The van der Waals surface area contributed by atoms with Gasteiger partial charge in [-0.1, -0.05) is 0 Å². The van der Waals surface area contributed by atoms with Crippen LogP contribution in [0.4, 0.5) is 0 Å². The van der Waals surface area contributed by atoms with Crippen LogP contribution in [0.5, 0.6) is 0 Å². The maximum absolute atomic E-state index is 8.40. The Labute approximate surface area is 75.1 Å². The van der Waals surface area contributed by atoms with Crippen LogP contribution in [0, 0.1) is 0 Å². The van der Waals surface area contributed by atoms with Crippen LogP contribution < -0.4 is 0 Å². The molecule has 0 aromatic rings. The van der Waals surface area contributed by atoms with Crippen molar-refractivity contribution in [3.8, 4) is 0 Å². The van der Waals surface area contributed by atoms with Crippen molar-refractivity contribution in [2.24, 2.45) is 0 Å². The standard InChI is InChI=1S/C3H7ClO3.Na.H/c4-7-2-3(6)1-5;;/h3,5-6H,1-2H2;;. The van der Waals surface area contributed by atoms with Gasteiger partial charge in [-0.05, 0) is 0 Å². The van der Waals surface area contributed by atoms with Crippen LogP contribution in [0.1, 0.15) is 0 Å². The van der Waals surface area contributed by atoms with Gasteiger partial charge in [-0.3, -0.25) is 4.29 Å². The molecule has 0 amide bonds. The zero-order chi connectivity index (χ0) is 5.70. The molecule has 5 heteroatoms. The van der Waals surface area contributed by atoms with Gasteiger partial charge in [0.2, 0.25) is 0 Å². The third-order valence-corrected chi connectivity index (χ3v) is 0.592. The minimum atomic E-state index is -0.850. The second-order valence-electron chi connectivity index (χ2n) is 1.11. The van der Waals surface area contributed by atoms with Crippen LogP contribution >= 0.6 is 11.9 Å². The van der Waals surface area contributed by atoms with E-state index >= 15 is 0 Å². The summed E-state index contributed by atoms with van der Waals surface area (Å²) in [4.78, 5) is 0. The molecule has 1 unspecified atom stereocenters. The van der Waals surface area contributed by atoms with Crippen molar-refractivity contribution >= 4 is 41.4 Å². The van der Waals surface area contributed by atoms with E-state index in [1.807, 2.05) is 0 Å².